The highest BCUT2D eigenvalue weighted by Gasteiger charge is 2.24. The lowest BCUT2D eigenvalue weighted by atomic mass is 10.1. The monoisotopic (exact) mass is 734 g/mol. The fraction of sp³-hybridized carbons (Fsp3) is 0.0256. The number of carbonyl (C=O) groups is 3. The van der Waals surface area contributed by atoms with E-state index in [0.717, 1.165) is 21.7 Å². The van der Waals surface area contributed by atoms with Crippen LogP contribution in [0.4, 0.5) is 10.8 Å². The van der Waals surface area contributed by atoms with E-state index in [-0.39, 0.29) is 16.6 Å². The SMILES string of the molecule is O=C(Nc1ccc(SC(C(=O)Nc2nc(-c3ccccc3)cs2)c2ccccc2)cc1)/C(=C/c1cccc(Cl)c1Cl)NC(=O)c1ccccc1. The van der Waals surface area contributed by atoms with Gasteiger partial charge in [-0.2, -0.15) is 0 Å². The zero-order valence-corrected chi connectivity index (χ0v) is 29.3. The van der Waals surface area contributed by atoms with Crippen molar-refractivity contribution in [1.29, 1.82) is 0 Å². The third kappa shape index (κ3) is 8.88. The van der Waals surface area contributed by atoms with E-state index in [1.807, 2.05) is 78.2 Å². The minimum atomic E-state index is -0.578. The summed E-state index contributed by atoms with van der Waals surface area (Å²) in [6.45, 7) is 0. The smallest absolute Gasteiger partial charge is 0.272 e. The molecule has 0 radical (unpaired) electrons. The number of hydrogen-bond donors (Lipinski definition) is 3. The van der Waals surface area contributed by atoms with Gasteiger partial charge in [0.2, 0.25) is 5.91 Å². The van der Waals surface area contributed by atoms with Crippen LogP contribution in [0.1, 0.15) is 26.7 Å². The van der Waals surface area contributed by atoms with Crippen LogP contribution < -0.4 is 16.0 Å². The molecule has 3 N–H and O–H groups in total. The zero-order valence-electron chi connectivity index (χ0n) is 26.2. The van der Waals surface area contributed by atoms with Gasteiger partial charge in [0, 0.05) is 27.1 Å². The normalized spacial score (nSPS) is 11.8. The molecule has 248 valence electrons. The summed E-state index contributed by atoms with van der Waals surface area (Å²) < 4.78 is 0. The Hall–Kier alpha value is -5.19. The third-order valence-corrected chi connectivity index (χ3v) is 10.2. The first-order chi connectivity index (χ1) is 24.3. The molecule has 0 saturated carbocycles. The molecule has 0 saturated heterocycles. The van der Waals surface area contributed by atoms with E-state index in [4.69, 9.17) is 23.2 Å². The summed E-state index contributed by atoms with van der Waals surface area (Å²) in [5.74, 6) is -1.24. The molecule has 0 aliphatic carbocycles. The van der Waals surface area contributed by atoms with Gasteiger partial charge in [-0.15, -0.1) is 23.1 Å². The average Bonchev–Trinajstić information content (AvgIpc) is 3.62. The zero-order chi connectivity index (χ0) is 34.9. The molecule has 6 rings (SSSR count). The number of amides is 3. The van der Waals surface area contributed by atoms with E-state index >= 15 is 0 Å². The molecule has 50 heavy (non-hydrogen) atoms. The quantitative estimate of drug-likeness (QED) is 0.0909. The minimum absolute atomic E-state index is 0.0279. The number of nitrogens with zero attached hydrogens (tertiary/aromatic N) is 1. The maximum Gasteiger partial charge on any atom is 0.272 e. The van der Waals surface area contributed by atoms with Crippen molar-refractivity contribution in [2.75, 3.05) is 10.6 Å². The first-order valence-corrected chi connectivity index (χ1v) is 17.8. The molecular weight excluding hydrogens is 707 g/mol. The number of carbonyl (C=O) groups excluding carboxylic acids is 3. The lowest BCUT2D eigenvalue weighted by molar-refractivity contribution is -0.116. The Balaban J connectivity index is 1.18. The molecule has 5 aromatic carbocycles. The van der Waals surface area contributed by atoms with Gasteiger partial charge >= 0.3 is 0 Å². The van der Waals surface area contributed by atoms with Gasteiger partial charge in [-0.1, -0.05) is 114 Å². The molecule has 11 heteroatoms. The lowest BCUT2D eigenvalue weighted by Crippen LogP contribution is -2.30. The Bertz CT molecular complexity index is 2140. The van der Waals surface area contributed by atoms with Gasteiger partial charge in [0.15, 0.2) is 5.13 Å². The van der Waals surface area contributed by atoms with Crippen molar-refractivity contribution in [3.8, 4) is 11.3 Å². The van der Waals surface area contributed by atoms with E-state index in [1.54, 1.807) is 60.7 Å². The van der Waals surface area contributed by atoms with E-state index in [9.17, 15) is 14.4 Å². The van der Waals surface area contributed by atoms with Crippen LogP contribution in [0.25, 0.3) is 17.3 Å². The number of hydrogen-bond acceptors (Lipinski definition) is 6. The topological polar surface area (TPSA) is 100 Å². The summed E-state index contributed by atoms with van der Waals surface area (Å²) in [4.78, 5) is 45.7. The molecule has 1 unspecified atom stereocenters. The maximum atomic E-state index is 13.7. The van der Waals surface area contributed by atoms with Crippen molar-refractivity contribution < 1.29 is 14.4 Å². The van der Waals surface area contributed by atoms with Crippen LogP contribution in [-0.4, -0.2) is 22.7 Å². The Kier molecular flexibility index (Phi) is 11.4. The summed E-state index contributed by atoms with van der Waals surface area (Å²) in [5.41, 5.74) is 3.89. The Morgan fingerprint density at radius 1 is 0.740 bits per heavy atom. The number of halogens is 2. The minimum Gasteiger partial charge on any atom is -0.321 e. The van der Waals surface area contributed by atoms with Crippen LogP contribution in [0, 0.1) is 0 Å². The fourth-order valence-electron chi connectivity index (χ4n) is 4.83. The predicted molar refractivity (Wildman–Crippen MR) is 205 cm³/mol. The number of thioether (sulfide) groups is 1. The lowest BCUT2D eigenvalue weighted by Gasteiger charge is -2.17. The van der Waals surface area contributed by atoms with Gasteiger partial charge in [0.1, 0.15) is 10.9 Å². The predicted octanol–water partition coefficient (Wildman–Crippen LogP) is 10.00. The fourth-order valence-corrected chi connectivity index (χ4v) is 6.94. The van der Waals surface area contributed by atoms with Crippen molar-refractivity contribution in [2.24, 2.45) is 0 Å². The summed E-state index contributed by atoms with van der Waals surface area (Å²) in [6.07, 6.45) is 1.48. The van der Waals surface area contributed by atoms with Crippen molar-refractivity contribution in [1.82, 2.24) is 10.3 Å². The van der Waals surface area contributed by atoms with Crippen LogP contribution in [0.15, 0.2) is 149 Å². The van der Waals surface area contributed by atoms with Crippen molar-refractivity contribution in [2.45, 2.75) is 10.1 Å². The van der Waals surface area contributed by atoms with Crippen LogP contribution in [0.5, 0.6) is 0 Å². The second-order valence-electron chi connectivity index (χ2n) is 10.8. The molecule has 3 amide bonds. The van der Waals surface area contributed by atoms with E-state index in [1.165, 1.54) is 29.2 Å². The average molecular weight is 736 g/mol. The largest absolute Gasteiger partial charge is 0.321 e. The Labute approximate surface area is 307 Å². The van der Waals surface area contributed by atoms with Gasteiger partial charge in [-0.25, -0.2) is 4.98 Å². The number of thiazole rings is 1. The Morgan fingerprint density at radius 3 is 2.10 bits per heavy atom. The molecule has 1 atom stereocenters. The number of nitrogens with one attached hydrogen (secondary N) is 3. The third-order valence-electron chi connectivity index (χ3n) is 7.32. The highest BCUT2D eigenvalue weighted by molar-refractivity contribution is 8.00. The first kappa shape index (κ1) is 34.7. The number of aromatic nitrogens is 1. The summed E-state index contributed by atoms with van der Waals surface area (Å²) in [7, 11) is 0. The molecule has 1 heterocycles. The van der Waals surface area contributed by atoms with Gasteiger partial charge in [0.25, 0.3) is 11.8 Å². The van der Waals surface area contributed by atoms with Crippen molar-refractivity contribution in [3.63, 3.8) is 0 Å². The molecule has 0 aliphatic rings. The standard InChI is InChI=1S/C39H28Cl2N4O3S2/c40-31-18-10-17-28(34(31)41)23-32(43-36(46)27-15-8-3-9-16-27)37(47)42-29-19-21-30(22-20-29)50-35(26-13-6-2-7-14-26)38(48)45-39-44-33(24-49-39)25-11-4-1-5-12-25/h1-24,35H,(H,42,47)(H,43,46)(H,44,45,48)/b32-23-. The van der Waals surface area contributed by atoms with Crippen LogP contribution in [0.2, 0.25) is 10.0 Å². The molecule has 0 bridgehead atoms. The molecule has 7 nitrogen and oxygen atoms in total. The van der Waals surface area contributed by atoms with E-state index in [0.29, 0.717) is 27.0 Å². The summed E-state index contributed by atoms with van der Waals surface area (Å²) in [6, 6.07) is 40.0. The highest BCUT2D eigenvalue weighted by atomic mass is 35.5. The number of anilines is 2. The molecule has 0 aliphatic heterocycles. The van der Waals surface area contributed by atoms with Crippen molar-refractivity contribution >= 4 is 80.9 Å². The number of benzene rings is 5. The molecule has 1 aromatic heterocycles. The Morgan fingerprint density at radius 2 is 1.40 bits per heavy atom. The van der Waals surface area contributed by atoms with Crippen molar-refractivity contribution in [3.05, 3.63) is 171 Å². The molecule has 0 fully saturated rings. The molecule has 0 spiro atoms. The van der Waals surface area contributed by atoms with E-state index < -0.39 is 17.1 Å². The number of rotatable bonds is 11. The van der Waals surface area contributed by atoms with Gasteiger partial charge < -0.3 is 16.0 Å². The molecule has 6 aromatic rings. The first-order valence-electron chi connectivity index (χ1n) is 15.3. The second-order valence-corrected chi connectivity index (χ2v) is 13.6. The van der Waals surface area contributed by atoms with Gasteiger partial charge in [-0.3, -0.25) is 14.4 Å². The second kappa shape index (κ2) is 16.5. The van der Waals surface area contributed by atoms with Crippen LogP contribution in [0.3, 0.4) is 0 Å². The van der Waals surface area contributed by atoms with Gasteiger partial charge in [0.05, 0.1) is 15.7 Å². The van der Waals surface area contributed by atoms with Crippen LogP contribution in [-0.2, 0) is 9.59 Å². The van der Waals surface area contributed by atoms with Crippen LogP contribution >= 0.6 is 46.3 Å². The maximum absolute atomic E-state index is 13.7. The van der Waals surface area contributed by atoms with E-state index in [2.05, 4.69) is 20.9 Å². The summed E-state index contributed by atoms with van der Waals surface area (Å²) in [5, 5.41) is 10.9. The summed E-state index contributed by atoms with van der Waals surface area (Å²) >= 11 is 15.3. The van der Waals surface area contributed by atoms with Gasteiger partial charge in [-0.05, 0) is 59.7 Å². The highest BCUT2D eigenvalue weighted by Crippen LogP contribution is 2.37. The molecular formula is C39H28Cl2N4O3S2.